The summed E-state index contributed by atoms with van der Waals surface area (Å²) in [7, 11) is 1.59. The van der Waals surface area contributed by atoms with Gasteiger partial charge in [0.1, 0.15) is 12.2 Å². The average molecular weight is 379 g/mol. The number of ether oxygens (including phenoxy) is 5. The van der Waals surface area contributed by atoms with Crippen LogP contribution in [0.4, 0.5) is 0 Å². The van der Waals surface area contributed by atoms with Gasteiger partial charge in [0.15, 0.2) is 6.29 Å². The summed E-state index contributed by atoms with van der Waals surface area (Å²) in [4.78, 5) is 0. The molecule has 0 radical (unpaired) electrons. The van der Waals surface area contributed by atoms with Gasteiger partial charge < -0.3 is 28.8 Å². The van der Waals surface area contributed by atoms with Crippen LogP contribution < -0.4 is 0 Å². The highest BCUT2D eigenvalue weighted by molar-refractivity contribution is 4.70. The second kappa shape index (κ2) is 18.1. The first-order valence-corrected chi connectivity index (χ1v) is 10.2. The summed E-state index contributed by atoms with van der Waals surface area (Å²) >= 11 is 0. The lowest BCUT2D eigenvalue weighted by Gasteiger charge is -2.31. The van der Waals surface area contributed by atoms with Gasteiger partial charge in [-0.25, -0.2) is 0 Å². The van der Waals surface area contributed by atoms with Crippen LogP contribution >= 0.6 is 0 Å². The topological polar surface area (TPSA) is 66.4 Å². The van der Waals surface area contributed by atoms with Crippen LogP contribution in [0.3, 0.4) is 0 Å². The van der Waals surface area contributed by atoms with E-state index in [9.17, 15) is 5.11 Å². The van der Waals surface area contributed by atoms with Crippen LogP contribution in [0.15, 0.2) is 0 Å². The van der Waals surface area contributed by atoms with Crippen LogP contribution in [0, 0.1) is 0 Å². The minimum atomic E-state index is -0.608. The normalized spacial score (nSPS) is 16.4. The van der Waals surface area contributed by atoms with Crippen LogP contribution in [0.1, 0.15) is 66.2 Å². The minimum absolute atomic E-state index is 0.133. The van der Waals surface area contributed by atoms with E-state index in [0.29, 0.717) is 26.4 Å². The Hall–Kier alpha value is -0.240. The first kappa shape index (κ1) is 25.8. The summed E-state index contributed by atoms with van der Waals surface area (Å²) in [5, 5.41) is 9.71. The number of rotatable bonds is 19. The van der Waals surface area contributed by atoms with Gasteiger partial charge in [0.05, 0.1) is 19.3 Å². The molecular weight excluding hydrogens is 336 g/mol. The third-order valence-electron chi connectivity index (χ3n) is 4.18. The maximum Gasteiger partial charge on any atom is 0.186 e. The van der Waals surface area contributed by atoms with Crippen LogP contribution in [-0.4, -0.2) is 69.9 Å². The van der Waals surface area contributed by atoms with Crippen molar-refractivity contribution in [3.05, 3.63) is 0 Å². The fourth-order valence-corrected chi connectivity index (χ4v) is 2.32. The summed E-state index contributed by atoms with van der Waals surface area (Å²) in [5.41, 5.74) is 0. The third kappa shape index (κ3) is 12.2. The first-order chi connectivity index (χ1) is 12.6. The summed E-state index contributed by atoms with van der Waals surface area (Å²) in [6.07, 6.45) is 4.57. The largest absolute Gasteiger partial charge is 0.394 e. The van der Waals surface area contributed by atoms with Gasteiger partial charge in [-0.1, -0.05) is 40.0 Å². The Bertz CT molecular complexity index is 289. The molecule has 0 aliphatic rings. The van der Waals surface area contributed by atoms with Gasteiger partial charge >= 0.3 is 0 Å². The minimum Gasteiger partial charge on any atom is -0.394 e. The van der Waals surface area contributed by atoms with Crippen LogP contribution in [-0.2, 0) is 23.7 Å². The lowest BCUT2D eigenvalue weighted by Crippen LogP contribution is -2.44. The molecule has 158 valence electrons. The summed E-state index contributed by atoms with van der Waals surface area (Å²) in [5.74, 6) is 0. The van der Waals surface area contributed by atoms with Gasteiger partial charge in [0.2, 0.25) is 0 Å². The molecule has 0 bridgehead atoms. The maximum atomic E-state index is 9.71. The maximum absolute atomic E-state index is 9.71. The molecule has 0 rings (SSSR count). The Morgan fingerprint density at radius 3 is 1.92 bits per heavy atom. The first-order valence-electron chi connectivity index (χ1n) is 10.2. The predicted octanol–water partition coefficient (Wildman–Crippen LogP) is 3.54. The second-order valence-corrected chi connectivity index (χ2v) is 6.58. The van der Waals surface area contributed by atoms with Crippen molar-refractivity contribution in [3.63, 3.8) is 0 Å². The van der Waals surface area contributed by atoms with Gasteiger partial charge in [-0.2, -0.15) is 0 Å². The van der Waals surface area contributed by atoms with Crippen molar-refractivity contribution in [2.75, 3.05) is 40.1 Å². The van der Waals surface area contributed by atoms with E-state index in [1.165, 1.54) is 0 Å². The van der Waals surface area contributed by atoms with Gasteiger partial charge in [-0.3, -0.25) is 0 Å². The van der Waals surface area contributed by atoms with Crippen molar-refractivity contribution < 1.29 is 28.8 Å². The van der Waals surface area contributed by atoms with E-state index in [0.717, 1.165) is 38.5 Å². The molecular formula is C20H42O6. The fourth-order valence-electron chi connectivity index (χ4n) is 2.32. The van der Waals surface area contributed by atoms with E-state index < -0.39 is 12.4 Å². The van der Waals surface area contributed by atoms with Crippen molar-refractivity contribution in [2.45, 2.75) is 90.8 Å². The van der Waals surface area contributed by atoms with Gasteiger partial charge in [0.25, 0.3) is 0 Å². The zero-order valence-electron chi connectivity index (χ0n) is 17.6. The van der Waals surface area contributed by atoms with Crippen molar-refractivity contribution in [1.29, 1.82) is 0 Å². The molecule has 1 N–H and O–H groups in total. The van der Waals surface area contributed by atoms with Gasteiger partial charge in [-0.05, 0) is 26.2 Å². The number of methoxy groups -OCH3 is 1. The van der Waals surface area contributed by atoms with Crippen LogP contribution in [0.25, 0.3) is 0 Å². The Morgan fingerprint density at radius 1 is 0.808 bits per heavy atom. The molecule has 0 aliphatic heterocycles. The van der Waals surface area contributed by atoms with Gasteiger partial charge in [0, 0.05) is 26.9 Å². The van der Waals surface area contributed by atoms with Crippen molar-refractivity contribution in [2.24, 2.45) is 0 Å². The molecule has 0 saturated carbocycles. The summed E-state index contributed by atoms with van der Waals surface area (Å²) < 4.78 is 28.9. The van der Waals surface area contributed by atoms with Crippen LogP contribution in [0.2, 0.25) is 0 Å². The van der Waals surface area contributed by atoms with Crippen LogP contribution in [0.5, 0.6) is 0 Å². The third-order valence-corrected chi connectivity index (χ3v) is 4.18. The molecule has 0 aromatic rings. The second-order valence-electron chi connectivity index (χ2n) is 6.58. The molecule has 2 unspecified atom stereocenters. The molecule has 6 nitrogen and oxygen atoms in total. The molecule has 0 amide bonds. The Labute approximate surface area is 160 Å². The Kier molecular flexibility index (Phi) is 18.0. The quantitative estimate of drug-likeness (QED) is 0.274. The van der Waals surface area contributed by atoms with E-state index in [-0.39, 0.29) is 18.8 Å². The molecule has 0 fully saturated rings. The SMILES string of the molecule is CCCCOC[C@H](OCCCC)C(OC)OC(CO)[C@@H](C)OCCCC. The zero-order chi connectivity index (χ0) is 19.6. The standard InChI is InChI=1S/C20H42O6/c1-6-9-12-23-16-19(25-14-11-8-3)20(22-5)26-18(15-21)17(4)24-13-10-7-2/h17-21H,6-16H2,1-5H3/t17-,18?,19+,20?/m1/s1. The highest BCUT2D eigenvalue weighted by Gasteiger charge is 2.29. The molecule has 4 atom stereocenters. The number of hydrogen-bond acceptors (Lipinski definition) is 6. The van der Waals surface area contributed by atoms with Crippen molar-refractivity contribution in [1.82, 2.24) is 0 Å². The molecule has 0 aromatic heterocycles. The molecule has 0 heterocycles. The molecule has 0 aliphatic carbocycles. The predicted molar refractivity (Wildman–Crippen MR) is 103 cm³/mol. The molecule has 0 aromatic carbocycles. The van der Waals surface area contributed by atoms with E-state index in [4.69, 9.17) is 23.7 Å². The zero-order valence-corrected chi connectivity index (χ0v) is 17.6. The molecule has 0 spiro atoms. The number of aliphatic hydroxyl groups excluding tert-OH is 1. The Morgan fingerprint density at radius 2 is 1.38 bits per heavy atom. The van der Waals surface area contributed by atoms with E-state index in [1.54, 1.807) is 7.11 Å². The molecule has 0 saturated heterocycles. The molecule has 26 heavy (non-hydrogen) atoms. The Balaban J connectivity index is 4.67. The lowest BCUT2D eigenvalue weighted by atomic mass is 10.2. The van der Waals surface area contributed by atoms with Gasteiger partial charge in [-0.15, -0.1) is 0 Å². The van der Waals surface area contributed by atoms with Crippen molar-refractivity contribution in [3.8, 4) is 0 Å². The highest BCUT2D eigenvalue weighted by atomic mass is 16.7. The summed E-state index contributed by atoms with van der Waals surface area (Å²) in [6.45, 7) is 10.5. The highest BCUT2D eigenvalue weighted by Crippen LogP contribution is 2.14. The number of unbranched alkanes of at least 4 members (excludes halogenated alkanes) is 3. The monoisotopic (exact) mass is 378 g/mol. The fraction of sp³-hybridized carbons (Fsp3) is 1.00. The van der Waals surface area contributed by atoms with E-state index in [1.807, 2.05) is 6.92 Å². The summed E-state index contributed by atoms with van der Waals surface area (Å²) in [6, 6.07) is 0. The van der Waals surface area contributed by atoms with Crippen molar-refractivity contribution >= 4 is 0 Å². The van der Waals surface area contributed by atoms with E-state index in [2.05, 4.69) is 20.8 Å². The number of aliphatic hydroxyl groups is 1. The molecule has 6 heteroatoms. The smallest absolute Gasteiger partial charge is 0.186 e. The lowest BCUT2D eigenvalue weighted by molar-refractivity contribution is -0.246. The average Bonchev–Trinajstić information content (AvgIpc) is 2.65. The number of hydrogen-bond donors (Lipinski definition) is 1. The van der Waals surface area contributed by atoms with E-state index >= 15 is 0 Å².